The fraction of sp³-hybridized carbons (Fsp3) is 0.667. The molecule has 1 heterocycles. The minimum absolute atomic E-state index is 0.0300. The van der Waals surface area contributed by atoms with Gasteiger partial charge in [0.15, 0.2) is 0 Å². The first-order valence-electron chi connectivity index (χ1n) is 11.4. The maximum atomic E-state index is 13.1. The molecule has 1 aromatic rings. The van der Waals surface area contributed by atoms with E-state index in [9.17, 15) is 9.59 Å². The van der Waals surface area contributed by atoms with E-state index in [4.69, 9.17) is 4.74 Å². The number of hydrogen-bond acceptors (Lipinski definition) is 4. The summed E-state index contributed by atoms with van der Waals surface area (Å²) in [5, 5.41) is 2.72. The van der Waals surface area contributed by atoms with Gasteiger partial charge < -0.3 is 14.5 Å². The largest absolute Gasteiger partial charge is 0.444 e. The minimum atomic E-state index is -0.562. The number of hydrogen-bond donors (Lipinski definition) is 1. The number of ether oxygens (including phenoxy) is 1. The van der Waals surface area contributed by atoms with Crippen molar-refractivity contribution in [2.45, 2.75) is 64.9 Å². The highest BCUT2D eigenvalue weighted by Gasteiger charge is 2.23. The van der Waals surface area contributed by atoms with Crippen LogP contribution < -0.4 is 5.32 Å². The summed E-state index contributed by atoms with van der Waals surface area (Å²) in [6, 6.07) is 7.12. The lowest BCUT2D eigenvalue weighted by Gasteiger charge is -2.28. The van der Waals surface area contributed by atoms with Crippen LogP contribution in [0.4, 0.5) is 10.5 Å². The molecule has 1 aliphatic heterocycles. The second-order valence-corrected chi connectivity index (χ2v) is 9.66. The molecule has 1 saturated carbocycles. The fourth-order valence-electron chi connectivity index (χ4n) is 4.43. The van der Waals surface area contributed by atoms with Crippen LogP contribution in [0.15, 0.2) is 24.3 Å². The molecule has 0 unspecified atom stereocenters. The van der Waals surface area contributed by atoms with Crippen molar-refractivity contribution in [1.82, 2.24) is 9.80 Å². The number of carbonyl (C=O) groups is 2. The summed E-state index contributed by atoms with van der Waals surface area (Å²) in [5.41, 5.74) is 0.612. The molecule has 6 heteroatoms. The molecule has 1 N–H and O–H groups in total. The van der Waals surface area contributed by atoms with Gasteiger partial charge in [0.1, 0.15) is 5.60 Å². The minimum Gasteiger partial charge on any atom is -0.444 e. The third-order valence-corrected chi connectivity index (χ3v) is 5.87. The number of carbonyl (C=O) groups excluding carboxylic acids is 2. The normalized spacial score (nSPS) is 19.2. The van der Waals surface area contributed by atoms with Gasteiger partial charge in [-0.05, 0) is 70.7 Å². The second kappa shape index (κ2) is 10.3. The molecular weight excluding hydrogens is 378 g/mol. The van der Waals surface area contributed by atoms with E-state index in [1.807, 2.05) is 31.7 Å². The molecule has 6 nitrogen and oxygen atoms in total. The maximum absolute atomic E-state index is 13.1. The molecule has 0 atom stereocenters. The van der Waals surface area contributed by atoms with Gasteiger partial charge in [-0.2, -0.15) is 0 Å². The lowest BCUT2D eigenvalue weighted by atomic mass is 9.89. The van der Waals surface area contributed by atoms with Crippen molar-refractivity contribution in [3.63, 3.8) is 0 Å². The van der Waals surface area contributed by atoms with E-state index >= 15 is 0 Å². The molecule has 0 bridgehead atoms. The molecule has 0 spiro atoms. The summed E-state index contributed by atoms with van der Waals surface area (Å²) in [5.74, 6) is 0.860. The van der Waals surface area contributed by atoms with Crippen molar-refractivity contribution in [3.05, 3.63) is 29.8 Å². The van der Waals surface area contributed by atoms with E-state index < -0.39 is 11.7 Å². The van der Waals surface area contributed by atoms with Gasteiger partial charge in [0, 0.05) is 37.4 Å². The first-order chi connectivity index (χ1) is 14.3. The third kappa shape index (κ3) is 7.01. The standard InChI is InChI=1S/C24H37N3O3/c1-24(2,3)30-23(29)25-21-12-7-11-20(17-21)22(28)27-14-8-13-26(15-16-27)18-19-9-5-4-6-10-19/h7,11-12,17,19H,4-6,8-10,13-16,18H2,1-3H3,(H,25,29). The number of nitrogens with one attached hydrogen (secondary N) is 1. The van der Waals surface area contributed by atoms with Crippen LogP contribution in [0.3, 0.4) is 0 Å². The molecule has 2 aliphatic rings. The molecular formula is C24H37N3O3. The SMILES string of the molecule is CC(C)(C)OC(=O)Nc1cccc(C(=O)N2CCCN(CC3CCCCC3)CC2)c1. The molecule has 1 saturated heterocycles. The maximum Gasteiger partial charge on any atom is 0.412 e. The van der Waals surface area contributed by atoms with E-state index in [1.54, 1.807) is 18.2 Å². The van der Waals surface area contributed by atoms with Crippen LogP contribution in [0.2, 0.25) is 0 Å². The van der Waals surface area contributed by atoms with Gasteiger partial charge in [0.2, 0.25) is 0 Å². The van der Waals surface area contributed by atoms with Crippen LogP contribution in [-0.4, -0.2) is 60.1 Å². The van der Waals surface area contributed by atoms with Gasteiger partial charge in [-0.15, -0.1) is 0 Å². The second-order valence-electron chi connectivity index (χ2n) is 9.66. The highest BCUT2D eigenvalue weighted by atomic mass is 16.6. The molecule has 2 amide bonds. The average Bonchev–Trinajstić information content (AvgIpc) is 2.92. The van der Waals surface area contributed by atoms with Crippen LogP contribution in [0.25, 0.3) is 0 Å². The Morgan fingerprint density at radius 3 is 2.53 bits per heavy atom. The topological polar surface area (TPSA) is 61.9 Å². The summed E-state index contributed by atoms with van der Waals surface area (Å²) >= 11 is 0. The van der Waals surface area contributed by atoms with Crippen molar-refractivity contribution in [1.29, 1.82) is 0 Å². The molecule has 166 valence electrons. The molecule has 0 radical (unpaired) electrons. The van der Waals surface area contributed by atoms with Crippen molar-refractivity contribution in [3.8, 4) is 0 Å². The van der Waals surface area contributed by atoms with Gasteiger partial charge in [0.25, 0.3) is 5.91 Å². The van der Waals surface area contributed by atoms with Crippen LogP contribution in [-0.2, 0) is 4.74 Å². The van der Waals surface area contributed by atoms with Crippen LogP contribution in [0, 0.1) is 5.92 Å². The molecule has 0 aromatic heterocycles. The average molecular weight is 416 g/mol. The Kier molecular flexibility index (Phi) is 7.75. The van der Waals surface area contributed by atoms with Crippen molar-refractivity contribution in [2.75, 3.05) is 38.0 Å². The molecule has 3 rings (SSSR count). The first kappa shape index (κ1) is 22.6. The lowest BCUT2D eigenvalue weighted by Crippen LogP contribution is -2.37. The van der Waals surface area contributed by atoms with E-state index in [2.05, 4.69) is 10.2 Å². The Hall–Kier alpha value is -2.08. The molecule has 1 aromatic carbocycles. The Balaban J connectivity index is 1.55. The molecule has 30 heavy (non-hydrogen) atoms. The predicted octanol–water partition coefficient (Wildman–Crippen LogP) is 4.76. The monoisotopic (exact) mass is 415 g/mol. The number of amides is 2. The molecule has 2 fully saturated rings. The van der Waals surface area contributed by atoms with E-state index in [1.165, 1.54) is 38.6 Å². The van der Waals surface area contributed by atoms with Gasteiger partial charge in [0.05, 0.1) is 0 Å². The summed E-state index contributed by atoms with van der Waals surface area (Å²) in [4.78, 5) is 29.6. The van der Waals surface area contributed by atoms with E-state index in [0.717, 1.165) is 38.5 Å². The first-order valence-corrected chi connectivity index (χ1v) is 11.4. The quantitative estimate of drug-likeness (QED) is 0.770. The van der Waals surface area contributed by atoms with Crippen LogP contribution in [0.5, 0.6) is 0 Å². The Morgan fingerprint density at radius 1 is 1.03 bits per heavy atom. The number of rotatable bonds is 4. The smallest absolute Gasteiger partial charge is 0.412 e. The Morgan fingerprint density at radius 2 is 1.80 bits per heavy atom. The van der Waals surface area contributed by atoms with Gasteiger partial charge in [-0.1, -0.05) is 25.3 Å². The van der Waals surface area contributed by atoms with Crippen molar-refractivity contribution < 1.29 is 14.3 Å². The van der Waals surface area contributed by atoms with E-state index in [-0.39, 0.29) is 5.91 Å². The Bertz CT molecular complexity index is 723. The predicted molar refractivity (Wildman–Crippen MR) is 120 cm³/mol. The lowest BCUT2D eigenvalue weighted by molar-refractivity contribution is 0.0634. The van der Waals surface area contributed by atoms with Crippen molar-refractivity contribution >= 4 is 17.7 Å². The third-order valence-electron chi connectivity index (χ3n) is 5.87. The zero-order valence-electron chi connectivity index (χ0n) is 18.8. The van der Waals surface area contributed by atoms with Crippen LogP contribution in [0.1, 0.15) is 69.7 Å². The zero-order chi connectivity index (χ0) is 21.6. The molecule has 1 aliphatic carbocycles. The number of nitrogens with zero attached hydrogens (tertiary/aromatic N) is 2. The summed E-state index contributed by atoms with van der Waals surface area (Å²) in [6.07, 6.45) is 7.34. The van der Waals surface area contributed by atoms with Gasteiger partial charge in [-0.25, -0.2) is 4.79 Å². The number of benzene rings is 1. The fourth-order valence-corrected chi connectivity index (χ4v) is 4.43. The summed E-state index contributed by atoms with van der Waals surface area (Å²) < 4.78 is 5.30. The van der Waals surface area contributed by atoms with Gasteiger partial charge in [-0.3, -0.25) is 10.1 Å². The summed E-state index contributed by atoms with van der Waals surface area (Å²) in [6.45, 7) is 10.2. The van der Waals surface area contributed by atoms with E-state index in [0.29, 0.717) is 11.3 Å². The summed E-state index contributed by atoms with van der Waals surface area (Å²) in [7, 11) is 0. The van der Waals surface area contributed by atoms with Crippen molar-refractivity contribution in [2.24, 2.45) is 5.92 Å². The highest BCUT2D eigenvalue weighted by Crippen LogP contribution is 2.25. The number of anilines is 1. The highest BCUT2D eigenvalue weighted by molar-refractivity contribution is 5.96. The Labute approximate surface area is 180 Å². The zero-order valence-corrected chi connectivity index (χ0v) is 18.8. The van der Waals surface area contributed by atoms with Crippen LogP contribution >= 0.6 is 0 Å². The van der Waals surface area contributed by atoms with Gasteiger partial charge >= 0.3 is 6.09 Å².